The number of alkyl halides is 6. The molecule has 118 valence electrons. The van der Waals surface area contributed by atoms with Crippen LogP contribution in [0.1, 0.15) is 5.56 Å². The highest BCUT2D eigenvalue weighted by atomic mass is 32.2. The topological polar surface area (TPSA) is 29.1 Å². The lowest BCUT2D eigenvalue weighted by atomic mass is 10.2. The second-order valence-corrected chi connectivity index (χ2v) is 4.98. The molecule has 1 N–H and O–H groups in total. The van der Waals surface area contributed by atoms with Crippen molar-refractivity contribution in [1.82, 2.24) is 0 Å². The third kappa shape index (κ3) is 4.80. The maximum Gasteiger partial charge on any atom is 0.471 e. The summed E-state index contributed by atoms with van der Waals surface area (Å²) in [4.78, 5) is 10.1. The van der Waals surface area contributed by atoms with Gasteiger partial charge in [-0.1, -0.05) is 11.8 Å². The van der Waals surface area contributed by atoms with E-state index in [-0.39, 0.29) is 17.3 Å². The minimum atomic E-state index is -5.17. The van der Waals surface area contributed by atoms with Crippen LogP contribution in [0.2, 0.25) is 0 Å². The number of hydrogen-bond donors (Lipinski definition) is 1. The third-order valence-corrected chi connectivity index (χ3v) is 3.22. The summed E-state index contributed by atoms with van der Waals surface area (Å²) in [6.07, 6.45) is -8.55. The summed E-state index contributed by atoms with van der Waals surface area (Å²) in [6.45, 7) is 1.20. The van der Waals surface area contributed by atoms with E-state index in [0.717, 1.165) is 0 Å². The normalized spacial score (nSPS) is 13.4. The van der Waals surface area contributed by atoms with Gasteiger partial charge in [0, 0.05) is 10.6 Å². The summed E-state index contributed by atoms with van der Waals surface area (Å²) >= 11 is -0.188. The van der Waals surface area contributed by atoms with Crippen molar-refractivity contribution in [2.24, 2.45) is 0 Å². The number of carbonyl (C=O) groups is 1. The van der Waals surface area contributed by atoms with E-state index >= 15 is 0 Å². The molecule has 0 aromatic heterocycles. The molecular weight excluding hydrogens is 327 g/mol. The number of nitrogens with one attached hydrogen (secondary N) is 1. The van der Waals surface area contributed by atoms with Gasteiger partial charge in [-0.05, 0) is 24.6 Å². The van der Waals surface area contributed by atoms with E-state index in [2.05, 4.69) is 0 Å². The van der Waals surface area contributed by atoms with E-state index in [9.17, 15) is 35.5 Å². The highest BCUT2D eigenvalue weighted by molar-refractivity contribution is 7.99. The van der Waals surface area contributed by atoms with E-state index in [0.29, 0.717) is 12.1 Å². The van der Waals surface area contributed by atoms with Crippen LogP contribution in [0.3, 0.4) is 0 Å². The molecule has 21 heavy (non-hydrogen) atoms. The summed E-state index contributed by atoms with van der Waals surface area (Å²) in [7, 11) is 0. The van der Waals surface area contributed by atoms with Crippen LogP contribution >= 0.6 is 11.8 Å². The van der Waals surface area contributed by atoms with Crippen LogP contribution in [-0.4, -0.2) is 24.0 Å². The Balaban J connectivity index is 3.04. The minimum Gasteiger partial charge on any atom is -0.318 e. The van der Waals surface area contributed by atoms with Crippen molar-refractivity contribution in [3.05, 3.63) is 23.5 Å². The van der Waals surface area contributed by atoms with Crippen LogP contribution in [0, 0.1) is 12.7 Å². The summed E-state index contributed by atoms with van der Waals surface area (Å²) in [5, 5.41) is 1.47. The number of rotatable bonds is 4. The van der Waals surface area contributed by atoms with Crippen LogP contribution in [0.15, 0.2) is 17.0 Å². The molecule has 0 spiro atoms. The number of carbonyl (C=O) groups excluding carboxylic acids is 1. The van der Waals surface area contributed by atoms with Crippen molar-refractivity contribution in [3.63, 3.8) is 0 Å². The highest BCUT2D eigenvalue weighted by Crippen LogP contribution is 2.34. The van der Waals surface area contributed by atoms with Gasteiger partial charge < -0.3 is 5.32 Å². The monoisotopic (exact) mass is 335 g/mol. The Hall–Kier alpha value is -1.45. The molecule has 0 bridgehead atoms. The Bertz CT molecular complexity index is 532. The fourth-order valence-corrected chi connectivity index (χ4v) is 1.95. The molecule has 0 fully saturated rings. The number of anilines is 1. The van der Waals surface area contributed by atoms with Crippen molar-refractivity contribution in [1.29, 1.82) is 0 Å². The van der Waals surface area contributed by atoms with E-state index in [1.54, 1.807) is 0 Å². The molecule has 1 aromatic carbocycles. The summed E-state index contributed by atoms with van der Waals surface area (Å²) in [5.41, 5.74) is -3.25. The zero-order valence-electron chi connectivity index (χ0n) is 10.3. The Morgan fingerprint density at radius 2 is 1.81 bits per heavy atom. The first-order valence-corrected chi connectivity index (χ1v) is 6.17. The lowest BCUT2D eigenvalue weighted by Crippen LogP contribution is -2.30. The smallest absolute Gasteiger partial charge is 0.318 e. The quantitative estimate of drug-likeness (QED) is 0.657. The first-order valence-electron chi connectivity index (χ1n) is 5.29. The first-order chi connectivity index (χ1) is 9.52. The number of hydrogen-bond acceptors (Lipinski definition) is 2. The molecule has 0 radical (unpaired) electrons. The standard InChI is InChI=1S/C11H8F7NOS/c1-4-2-5(12)7(21-9(15)8(13)14)3-6(4)19-10(20)11(16,17)18/h2-3,8-9H,1H3,(H,19,20). The third-order valence-electron chi connectivity index (χ3n) is 2.22. The average Bonchev–Trinajstić information content (AvgIpc) is 2.33. The SMILES string of the molecule is Cc1cc(F)c(SC(F)C(F)F)cc1NC(=O)C(F)(F)F. The molecule has 1 aromatic rings. The Kier molecular flexibility index (Phi) is 5.48. The molecule has 0 heterocycles. The Labute approximate surface area is 118 Å². The molecule has 10 heteroatoms. The van der Waals surface area contributed by atoms with Gasteiger partial charge in [-0.15, -0.1) is 0 Å². The van der Waals surface area contributed by atoms with Gasteiger partial charge in [0.1, 0.15) is 5.82 Å². The largest absolute Gasteiger partial charge is 0.471 e. The van der Waals surface area contributed by atoms with E-state index in [1.807, 2.05) is 0 Å². The fraction of sp³-hybridized carbons (Fsp3) is 0.364. The Morgan fingerprint density at radius 1 is 1.24 bits per heavy atom. The first kappa shape index (κ1) is 17.6. The van der Waals surface area contributed by atoms with Gasteiger partial charge in [0.25, 0.3) is 6.43 Å². The molecule has 1 atom stereocenters. The molecule has 2 nitrogen and oxygen atoms in total. The molecule has 1 unspecified atom stereocenters. The molecule has 0 aliphatic heterocycles. The van der Waals surface area contributed by atoms with Crippen LogP contribution in [0.5, 0.6) is 0 Å². The van der Waals surface area contributed by atoms with Gasteiger partial charge in [0.15, 0.2) is 0 Å². The van der Waals surface area contributed by atoms with Crippen LogP contribution in [-0.2, 0) is 4.79 Å². The second-order valence-electron chi connectivity index (χ2n) is 3.85. The van der Waals surface area contributed by atoms with Crippen molar-refractivity contribution < 1.29 is 35.5 Å². The van der Waals surface area contributed by atoms with Crippen molar-refractivity contribution in [2.75, 3.05) is 5.32 Å². The highest BCUT2D eigenvalue weighted by Gasteiger charge is 2.39. The zero-order valence-corrected chi connectivity index (χ0v) is 11.1. The number of halogens is 7. The van der Waals surface area contributed by atoms with Gasteiger partial charge in [-0.2, -0.15) is 13.2 Å². The fourth-order valence-electron chi connectivity index (χ4n) is 1.24. The van der Waals surface area contributed by atoms with Crippen molar-refractivity contribution in [2.45, 2.75) is 29.9 Å². The van der Waals surface area contributed by atoms with E-state index in [4.69, 9.17) is 0 Å². The number of thioether (sulfide) groups is 1. The van der Waals surface area contributed by atoms with Crippen LogP contribution in [0.4, 0.5) is 36.4 Å². The van der Waals surface area contributed by atoms with Crippen molar-refractivity contribution >= 4 is 23.4 Å². The van der Waals surface area contributed by atoms with Crippen molar-refractivity contribution in [3.8, 4) is 0 Å². The number of aryl methyl sites for hydroxylation is 1. The molecule has 0 saturated heterocycles. The molecule has 1 rings (SSSR count). The predicted octanol–water partition coefficient (Wildman–Crippen LogP) is 4.29. The predicted molar refractivity (Wildman–Crippen MR) is 62.6 cm³/mol. The van der Waals surface area contributed by atoms with Crippen LogP contribution in [0.25, 0.3) is 0 Å². The number of amides is 1. The summed E-state index contributed by atoms with van der Waals surface area (Å²) < 4.78 is 86.8. The van der Waals surface area contributed by atoms with E-state index in [1.165, 1.54) is 12.2 Å². The van der Waals surface area contributed by atoms with Gasteiger partial charge in [0.05, 0.1) is 0 Å². The lowest BCUT2D eigenvalue weighted by molar-refractivity contribution is -0.167. The minimum absolute atomic E-state index is 0.0677. The van der Waals surface area contributed by atoms with Gasteiger partial charge in [0.2, 0.25) is 5.50 Å². The van der Waals surface area contributed by atoms with Gasteiger partial charge >= 0.3 is 12.1 Å². The summed E-state index contributed by atoms with van der Waals surface area (Å²) in [5.74, 6) is -3.38. The van der Waals surface area contributed by atoms with Gasteiger partial charge in [-0.25, -0.2) is 17.6 Å². The zero-order chi connectivity index (χ0) is 16.4. The molecule has 0 aliphatic rings. The number of benzene rings is 1. The molecule has 1 amide bonds. The molecular formula is C11H8F7NOS. The summed E-state index contributed by atoms with van der Waals surface area (Å²) in [6, 6.07) is 1.39. The molecule has 0 saturated carbocycles. The average molecular weight is 335 g/mol. The second kappa shape index (κ2) is 6.54. The molecule has 0 aliphatic carbocycles. The van der Waals surface area contributed by atoms with E-state index < -0.39 is 40.4 Å². The lowest BCUT2D eigenvalue weighted by Gasteiger charge is -2.13. The van der Waals surface area contributed by atoms with Gasteiger partial charge in [-0.3, -0.25) is 4.79 Å². The maximum absolute atomic E-state index is 13.5. The Morgan fingerprint density at radius 3 is 2.29 bits per heavy atom. The van der Waals surface area contributed by atoms with Crippen LogP contribution < -0.4 is 5.32 Å². The maximum atomic E-state index is 13.5.